The van der Waals surface area contributed by atoms with Crippen molar-refractivity contribution in [2.75, 3.05) is 7.05 Å². The molecule has 2 aromatic rings. The normalized spacial score (nSPS) is 21.6. The van der Waals surface area contributed by atoms with E-state index < -0.39 is 11.1 Å². The number of carbonyl (C=O) groups excluding carboxylic acids is 1. The average molecular weight is 505 g/mol. The van der Waals surface area contributed by atoms with E-state index in [4.69, 9.17) is 19.0 Å². The van der Waals surface area contributed by atoms with Gasteiger partial charge in [0.15, 0.2) is 0 Å². The predicted molar refractivity (Wildman–Crippen MR) is 146 cm³/mol. The first kappa shape index (κ1) is 26.0. The molecule has 0 bridgehead atoms. The van der Waals surface area contributed by atoms with E-state index in [0.717, 1.165) is 54.8 Å². The summed E-state index contributed by atoms with van der Waals surface area (Å²) < 4.78 is 18.1. The molecule has 1 aromatic heterocycles. The molecule has 1 saturated heterocycles. The minimum absolute atomic E-state index is 0.303. The zero-order valence-corrected chi connectivity index (χ0v) is 23.5. The number of aromatic nitrogens is 2. The Bertz CT molecular complexity index is 1200. The van der Waals surface area contributed by atoms with Crippen LogP contribution in [0.25, 0.3) is 5.57 Å². The molecule has 2 aliphatic carbocycles. The number of benzene rings is 1. The van der Waals surface area contributed by atoms with Gasteiger partial charge in [-0.2, -0.15) is 0 Å². The summed E-state index contributed by atoms with van der Waals surface area (Å²) >= 11 is 0. The lowest BCUT2D eigenvalue weighted by Crippen LogP contribution is -2.53. The van der Waals surface area contributed by atoms with E-state index in [0.29, 0.717) is 0 Å². The molecule has 5 rings (SSSR count). The Morgan fingerprint density at radius 3 is 2.24 bits per heavy atom. The molecule has 0 unspecified atom stereocenters. The second kappa shape index (κ2) is 8.74. The number of carbonyl (C=O) groups is 1. The number of hydrogen-bond donors (Lipinski definition) is 1. The predicted octanol–water partition coefficient (Wildman–Crippen LogP) is 5.14. The Hall–Kier alpha value is -2.58. The number of H-pyrrole nitrogens is 1. The topological polar surface area (TPSA) is 76.7 Å². The van der Waals surface area contributed by atoms with Crippen LogP contribution in [-0.2, 0) is 32.4 Å². The average Bonchev–Trinajstić information content (AvgIpc) is 3.28. The minimum atomic E-state index is -0.532. The van der Waals surface area contributed by atoms with Gasteiger partial charge in [0.25, 0.3) is 0 Å². The lowest BCUT2D eigenvalue weighted by Gasteiger charge is -2.47. The highest BCUT2D eigenvalue weighted by atomic mass is 16.7. The second-order valence-electron chi connectivity index (χ2n) is 12.8. The zero-order chi connectivity index (χ0) is 26.8. The number of nitrogens with zero attached hydrogens (tertiary/aromatic N) is 2. The lowest BCUT2D eigenvalue weighted by molar-refractivity contribution is -0.0214. The number of ether oxygens (including phenoxy) is 1. The molecule has 0 atom stereocenters. The Balaban J connectivity index is 1.31. The van der Waals surface area contributed by atoms with Crippen molar-refractivity contribution in [3.63, 3.8) is 0 Å². The summed E-state index contributed by atoms with van der Waals surface area (Å²) in [7, 11) is 1.47. The van der Waals surface area contributed by atoms with Crippen molar-refractivity contribution in [1.29, 1.82) is 0 Å². The van der Waals surface area contributed by atoms with Crippen LogP contribution in [0.15, 0.2) is 30.3 Å². The molecule has 7 nitrogen and oxygen atoms in total. The van der Waals surface area contributed by atoms with Crippen LogP contribution in [0, 0.1) is 0 Å². The first-order valence-corrected chi connectivity index (χ1v) is 13.4. The van der Waals surface area contributed by atoms with Crippen LogP contribution >= 0.6 is 0 Å². The van der Waals surface area contributed by atoms with E-state index in [2.05, 4.69) is 63.0 Å². The quantitative estimate of drug-likeness (QED) is 0.583. The van der Waals surface area contributed by atoms with E-state index in [9.17, 15) is 4.79 Å². The van der Waals surface area contributed by atoms with Gasteiger partial charge in [-0.1, -0.05) is 30.3 Å². The first-order valence-electron chi connectivity index (χ1n) is 13.4. The fourth-order valence-electron chi connectivity index (χ4n) is 5.26. The number of rotatable bonds is 4. The van der Waals surface area contributed by atoms with E-state index >= 15 is 0 Å². The summed E-state index contributed by atoms with van der Waals surface area (Å²) in [6, 6.07) is 8.51. The van der Waals surface area contributed by atoms with Gasteiger partial charge in [0.05, 0.1) is 16.9 Å². The molecule has 8 heteroatoms. The van der Waals surface area contributed by atoms with E-state index in [1.54, 1.807) is 4.90 Å². The summed E-state index contributed by atoms with van der Waals surface area (Å²) in [6.07, 6.45) is 6.35. The molecule has 0 spiro atoms. The van der Waals surface area contributed by atoms with Gasteiger partial charge >= 0.3 is 13.2 Å². The van der Waals surface area contributed by atoms with Crippen LogP contribution < -0.4 is 5.46 Å². The number of amides is 1. The van der Waals surface area contributed by atoms with Crippen LogP contribution in [0.4, 0.5) is 4.79 Å². The van der Waals surface area contributed by atoms with Gasteiger partial charge in [0.1, 0.15) is 17.0 Å². The number of hydrogen-bond acceptors (Lipinski definition) is 5. The Kier molecular flexibility index (Phi) is 6.15. The van der Waals surface area contributed by atoms with Gasteiger partial charge in [0.2, 0.25) is 0 Å². The van der Waals surface area contributed by atoms with Crippen molar-refractivity contribution in [1.82, 2.24) is 14.9 Å². The molecular weight excluding hydrogens is 465 g/mol. The van der Waals surface area contributed by atoms with Crippen LogP contribution in [-0.4, -0.2) is 51.9 Å². The fourth-order valence-corrected chi connectivity index (χ4v) is 5.26. The summed E-state index contributed by atoms with van der Waals surface area (Å²) in [4.78, 5) is 23.2. The largest absolute Gasteiger partial charge is 0.494 e. The van der Waals surface area contributed by atoms with Gasteiger partial charge in [-0.25, -0.2) is 9.78 Å². The summed E-state index contributed by atoms with van der Waals surface area (Å²) in [5.41, 5.74) is 4.01. The summed E-state index contributed by atoms with van der Waals surface area (Å²) in [5, 5.41) is 0. The van der Waals surface area contributed by atoms with Gasteiger partial charge < -0.3 is 19.0 Å². The smallest absolute Gasteiger partial charge is 0.444 e. The van der Waals surface area contributed by atoms with Gasteiger partial charge in [-0.15, -0.1) is 0 Å². The molecule has 2 fully saturated rings. The van der Waals surface area contributed by atoms with Gasteiger partial charge in [0, 0.05) is 25.6 Å². The fraction of sp³-hybridized carbons (Fsp3) is 0.586. The standard InChI is InChI=1S/C29H40BN3O4/c1-26(2,3)35-25(34)33(8)29(16-9-17-29)24-31-22-15-12-20(18-23(22)32-24)19-10-13-21(14-11-19)30-36-27(4,5)28(6,7)37-30/h10-14H,9,15-18H2,1-8H3,(H,31,32). The third-order valence-electron chi connectivity index (χ3n) is 8.51. The molecule has 1 saturated carbocycles. The van der Waals surface area contributed by atoms with Crippen LogP contribution in [0.3, 0.4) is 0 Å². The molecule has 1 N–H and O–H groups in total. The Morgan fingerprint density at radius 2 is 1.70 bits per heavy atom. The molecule has 1 aliphatic heterocycles. The molecular formula is C29H40BN3O4. The molecule has 1 aromatic carbocycles. The van der Waals surface area contributed by atoms with Crippen LogP contribution in [0.1, 0.15) is 90.5 Å². The van der Waals surface area contributed by atoms with E-state index in [-0.39, 0.29) is 24.4 Å². The zero-order valence-electron chi connectivity index (χ0n) is 23.5. The molecule has 3 aliphatic rings. The third kappa shape index (κ3) is 4.63. The maximum atomic E-state index is 12.9. The molecule has 0 radical (unpaired) electrons. The maximum absolute atomic E-state index is 12.9. The number of allylic oxidation sites excluding steroid dienone is 2. The Labute approximate surface area is 221 Å². The molecule has 37 heavy (non-hydrogen) atoms. The van der Waals surface area contributed by atoms with Crippen molar-refractivity contribution in [2.45, 2.75) is 103 Å². The van der Waals surface area contributed by atoms with E-state index in [1.807, 2.05) is 27.8 Å². The Morgan fingerprint density at radius 1 is 1.08 bits per heavy atom. The number of aromatic amines is 1. The molecule has 198 valence electrons. The highest BCUT2D eigenvalue weighted by Gasteiger charge is 2.52. The van der Waals surface area contributed by atoms with Crippen molar-refractivity contribution in [3.8, 4) is 0 Å². The minimum Gasteiger partial charge on any atom is -0.444 e. The molecule has 1 amide bonds. The van der Waals surface area contributed by atoms with Crippen LogP contribution in [0.5, 0.6) is 0 Å². The number of nitrogens with one attached hydrogen (secondary N) is 1. The third-order valence-corrected chi connectivity index (χ3v) is 8.51. The van der Waals surface area contributed by atoms with Gasteiger partial charge in [-0.05, 0) is 84.3 Å². The van der Waals surface area contributed by atoms with E-state index in [1.165, 1.54) is 11.1 Å². The van der Waals surface area contributed by atoms with Gasteiger partial charge in [-0.3, -0.25) is 4.90 Å². The maximum Gasteiger partial charge on any atom is 0.494 e. The second-order valence-corrected chi connectivity index (χ2v) is 12.8. The van der Waals surface area contributed by atoms with Crippen molar-refractivity contribution < 1.29 is 18.8 Å². The van der Waals surface area contributed by atoms with Crippen molar-refractivity contribution in [2.24, 2.45) is 0 Å². The highest BCUT2D eigenvalue weighted by molar-refractivity contribution is 6.62. The van der Waals surface area contributed by atoms with Crippen LogP contribution in [0.2, 0.25) is 0 Å². The monoisotopic (exact) mass is 505 g/mol. The highest BCUT2D eigenvalue weighted by Crippen LogP contribution is 2.46. The molecule has 2 heterocycles. The number of fused-ring (bicyclic) bond motifs is 1. The van der Waals surface area contributed by atoms with Crippen molar-refractivity contribution >= 4 is 24.2 Å². The SMILES string of the molecule is CN(C(=O)OC(C)(C)C)C1(c2nc3c([nH]2)CC(c2ccc(B4OC(C)(C)C(C)(C)O4)cc2)=CC3)CCC1. The summed E-state index contributed by atoms with van der Waals surface area (Å²) in [6.45, 7) is 14.0. The number of imidazole rings is 1. The lowest BCUT2D eigenvalue weighted by atomic mass is 9.75. The first-order chi connectivity index (χ1) is 17.2. The van der Waals surface area contributed by atoms with Crippen molar-refractivity contribution in [3.05, 3.63) is 53.1 Å². The summed E-state index contributed by atoms with van der Waals surface area (Å²) in [5.74, 6) is 0.878.